The molecule has 3 aromatic rings. The van der Waals surface area contributed by atoms with Gasteiger partial charge >= 0.3 is 0 Å². The maximum atomic E-state index is 5.92. The van der Waals surface area contributed by atoms with Gasteiger partial charge in [-0.1, -0.05) is 12.1 Å². The SMILES string of the molecule is Nc1ccc2c(c1)CCN(Cc1ccc3cc(N)ccc3n1)CC2. The number of rotatable bonds is 2. The van der Waals surface area contributed by atoms with E-state index in [2.05, 4.69) is 29.2 Å². The fraction of sp³-hybridized carbons (Fsp3) is 0.250. The summed E-state index contributed by atoms with van der Waals surface area (Å²) in [6.45, 7) is 2.97. The number of nitrogens with two attached hydrogens (primary N) is 2. The minimum absolute atomic E-state index is 0.779. The van der Waals surface area contributed by atoms with Gasteiger partial charge < -0.3 is 11.5 Å². The molecule has 0 atom stereocenters. The fourth-order valence-electron chi connectivity index (χ4n) is 3.45. The van der Waals surface area contributed by atoms with Crippen molar-refractivity contribution >= 4 is 22.3 Å². The lowest BCUT2D eigenvalue weighted by Crippen LogP contribution is -2.26. The summed E-state index contributed by atoms with van der Waals surface area (Å²) in [7, 11) is 0. The standard InChI is InChI=1S/C20H22N4/c21-17-3-1-14-7-9-24(10-8-15(14)11-17)13-19-5-2-16-12-18(22)4-6-20(16)23-19/h1-6,11-12H,7-10,13,21-22H2. The molecule has 4 heteroatoms. The topological polar surface area (TPSA) is 68.2 Å². The normalized spacial score (nSPS) is 15.2. The number of aromatic nitrogens is 1. The second-order valence-corrected chi connectivity index (χ2v) is 6.56. The van der Waals surface area contributed by atoms with Crippen LogP contribution in [0.4, 0.5) is 11.4 Å². The lowest BCUT2D eigenvalue weighted by Gasteiger charge is -2.19. The van der Waals surface area contributed by atoms with E-state index in [0.29, 0.717) is 0 Å². The van der Waals surface area contributed by atoms with Crippen LogP contribution in [0.25, 0.3) is 10.9 Å². The molecular formula is C20H22N4. The molecule has 0 amide bonds. The third-order valence-electron chi connectivity index (χ3n) is 4.78. The van der Waals surface area contributed by atoms with Gasteiger partial charge in [0.05, 0.1) is 11.2 Å². The van der Waals surface area contributed by atoms with Crippen LogP contribution in [-0.4, -0.2) is 23.0 Å². The summed E-state index contributed by atoms with van der Waals surface area (Å²) >= 11 is 0. The van der Waals surface area contributed by atoms with Crippen LogP contribution >= 0.6 is 0 Å². The van der Waals surface area contributed by atoms with E-state index >= 15 is 0 Å². The maximum absolute atomic E-state index is 5.92. The molecule has 0 aliphatic carbocycles. The first-order chi connectivity index (χ1) is 11.7. The summed E-state index contributed by atoms with van der Waals surface area (Å²) in [5.41, 5.74) is 18.3. The van der Waals surface area contributed by atoms with Crippen LogP contribution < -0.4 is 11.5 Å². The number of hydrogen-bond donors (Lipinski definition) is 2. The number of nitrogens with zero attached hydrogens (tertiary/aromatic N) is 2. The molecule has 0 saturated carbocycles. The van der Waals surface area contributed by atoms with Crippen molar-refractivity contribution in [3.05, 3.63) is 65.4 Å². The van der Waals surface area contributed by atoms with Crippen LogP contribution in [0.3, 0.4) is 0 Å². The Balaban J connectivity index is 1.51. The minimum Gasteiger partial charge on any atom is -0.399 e. The molecule has 0 saturated heterocycles. The first-order valence-corrected chi connectivity index (χ1v) is 8.42. The molecule has 122 valence electrons. The van der Waals surface area contributed by atoms with Crippen molar-refractivity contribution in [3.63, 3.8) is 0 Å². The first kappa shape index (κ1) is 15.0. The highest BCUT2D eigenvalue weighted by Gasteiger charge is 2.15. The van der Waals surface area contributed by atoms with Crippen molar-refractivity contribution in [2.24, 2.45) is 0 Å². The molecule has 2 heterocycles. The zero-order chi connectivity index (χ0) is 16.5. The number of hydrogen-bond acceptors (Lipinski definition) is 4. The summed E-state index contributed by atoms with van der Waals surface area (Å²) in [4.78, 5) is 7.26. The summed E-state index contributed by atoms with van der Waals surface area (Å²) < 4.78 is 0. The zero-order valence-electron chi connectivity index (χ0n) is 13.7. The molecule has 1 aromatic heterocycles. The summed E-state index contributed by atoms with van der Waals surface area (Å²) in [6.07, 6.45) is 2.12. The Morgan fingerprint density at radius 2 is 1.58 bits per heavy atom. The molecule has 1 aliphatic heterocycles. The zero-order valence-corrected chi connectivity index (χ0v) is 13.7. The monoisotopic (exact) mass is 318 g/mol. The molecule has 0 bridgehead atoms. The van der Waals surface area contributed by atoms with Gasteiger partial charge in [0.15, 0.2) is 0 Å². The average molecular weight is 318 g/mol. The largest absolute Gasteiger partial charge is 0.399 e. The van der Waals surface area contributed by atoms with E-state index in [4.69, 9.17) is 16.5 Å². The first-order valence-electron chi connectivity index (χ1n) is 8.42. The quantitative estimate of drug-likeness (QED) is 0.713. The Morgan fingerprint density at radius 1 is 0.833 bits per heavy atom. The molecule has 4 rings (SSSR count). The maximum Gasteiger partial charge on any atom is 0.0707 e. The van der Waals surface area contributed by atoms with Gasteiger partial charge in [-0.3, -0.25) is 9.88 Å². The number of benzene rings is 2. The molecule has 1 aliphatic rings. The molecule has 2 aromatic carbocycles. The minimum atomic E-state index is 0.779. The van der Waals surface area contributed by atoms with Crippen molar-refractivity contribution < 1.29 is 0 Å². The number of nitrogen functional groups attached to an aromatic ring is 2. The Bertz CT molecular complexity index is 888. The Kier molecular flexibility index (Phi) is 3.82. The highest BCUT2D eigenvalue weighted by molar-refractivity contribution is 5.81. The van der Waals surface area contributed by atoms with Crippen LogP contribution in [0, 0.1) is 0 Å². The van der Waals surface area contributed by atoms with Crippen molar-refractivity contribution in [2.75, 3.05) is 24.6 Å². The molecular weight excluding hydrogens is 296 g/mol. The Morgan fingerprint density at radius 3 is 2.46 bits per heavy atom. The Labute approximate surface area is 142 Å². The van der Waals surface area contributed by atoms with Crippen LogP contribution in [0.1, 0.15) is 16.8 Å². The molecule has 4 nitrogen and oxygen atoms in total. The van der Waals surface area contributed by atoms with Crippen molar-refractivity contribution in [2.45, 2.75) is 19.4 Å². The van der Waals surface area contributed by atoms with E-state index in [1.54, 1.807) is 0 Å². The molecule has 24 heavy (non-hydrogen) atoms. The third kappa shape index (κ3) is 3.05. The second kappa shape index (κ2) is 6.13. The van der Waals surface area contributed by atoms with Gasteiger partial charge in [0.1, 0.15) is 0 Å². The van der Waals surface area contributed by atoms with Gasteiger partial charge in [0, 0.05) is 36.4 Å². The highest BCUT2D eigenvalue weighted by atomic mass is 15.1. The van der Waals surface area contributed by atoms with Crippen molar-refractivity contribution in [1.82, 2.24) is 9.88 Å². The summed E-state index contributed by atoms with van der Waals surface area (Å²) in [5, 5.41) is 1.09. The summed E-state index contributed by atoms with van der Waals surface area (Å²) in [6, 6.07) is 16.4. The lowest BCUT2D eigenvalue weighted by molar-refractivity contribution is 0.276. The van der Waals surface area contributed by atoms with Crippen LogP contribution in [0.15, 0.2) is 48.5 Å². The van der Waals surface area contributed by atoms with Crippen molar-refractivity contribution in [3.8, 4) is 0 Å². The average Bonchev–Trinajstić information content (AvgIpc) is 2.77. The second-order valence-electron chi connectivity index (χ2n) is 6.56. The summed E-state index contributed by atoms with van der Waals surface area (Å²) in [5.74, 6) is 0. The van der Waals surface area contributed by atoms with Crippen molar-refractivity contribution in [1.29, 1.82) is 0 Å². The van der Waals surface area contributed by atoms with E-state index in [1.165, 1.54) is 11.1 Å². The number of anilines is 2. The van der Waals surface area contributed by atoms with E-state index in [0.717, 1.165) is 60.4 Å². The van der Waals surface area contributed by atoms with E-state index in [1.807, 2.05) is 24.3 Å². The number of fused-ring (bicyclic) bond motifs is 2. The van der Waals surface area contributed by atoms with E-state index in [9.17, 15) is 0 Å². The molecule has 0 fully saturated rings. The molecule has 0 spiro atoms. The molecule has 4 N–H and O–H groups in total. The van der Waals surface area contributed by atoms with Gasteiger partial charge in [0.2, 0.25) is 0 Å². The van der Waals surface area contributed by atoms with Gasteiger partial charge in [-0.15, -0.1) is 0 Å². The predicted molar refractivity (Wildman–Crippen MR) is 99.7 cm³/mol. The van der Waals surface area contributed by atoms with E-state index in [-0.39, 0.29) is 0 Å². The van der Waals surface area contributed by atoms with E-state index < -0.39 is 0 Å². The van der Waals surface area contributed by atoms with Gasteiger partial charge in [0.25, 0.3) is 0 Å². The van der Waals surface area contributed by atoms with Crippen LogP contribution in [-0.2, 0) is 19.4 Å². The number of pyridine rings is 1. The van der Waals surface area contributed by atoms with Gasteiger partial charge in [-0.05, 0) is 60.4 Å². The Hall–Kier alpha value is -2.59. The van der Waals surface area contributed by atoms with Crippen LogP contribution in [0.5, 0.6) is 0 Å². The lowest BCUT2D eigenvalue weighted by atomic mass is 10.0. The van der Waals surface area contributed by atoms with Gasteiger partial charge in [-0.25, -0.2) is 0 Å². The van der Waals surface area contributed by atoms with Crippen LogP contribution in [0.2, 0.25) is 0 Å². The predicted octanol–water partition coefficient (Wildman–Crippen LogP) is 3.00. The fourth-order valence-corrected chi connectivity index (χ4v) is 3.45. The third-order valence-corrected chi connectivity index (χ3v) is 4.78. The highest BCUT2D eigenvalue weighted by Crippen LogP contribution is 2.21. The molecule has 0 unspecified atom stereocenters. The van der Waals surface area contributed by atoms with Gasteiger partial charge in [-0.2, -0.15) is 0 Å². The molecule has 0 radical (unpaired) electrons. The smallest absolute Gasteiger partial charge is 0.0707 e.